The molecular weight excluding hydrogens is 410 g/mol. The number of aromatic nitrogens is 5. The molecule has 3 aromatic heterocycles. The van der Waals surface area contributed by atoms with Crippen LogP contribution in [0.4, 0.5) is 5.82 Å². The first-order valence-electron chi connectivity index (χ1n) is 11.7. The van der Waals surface area contributed by atoms with Crippen molar-refractivity contribution in [2.45, 2.75) is 45.8 Å². The molecule has 0 spiro atoms. The summed E-state index contributed by atoms with van der Waals surface area (Å²) in [5.41, 5.74) is 5.93. The summed E-state index contributed by atoms with van der Waals surface area (Å²) in [6.07, 6.45) is 6.43. The van der Waals surface area contributed by atoms with Gasteiger partial charge in [0.25, 0.3) is 0 Å². The maximum atomic E-state index is 5.03. The Labute approximate surface area is 194 Å². The largest absolute Gasteiger partial charge is 0.388 e. The number of nitrogens with one attached hydrogen (secondary N) is 1. The van der Waals surface area contributed by atoms with E-state index in [1.54, 1.807) is 0 Å². The first-order valence-corrected chi connectivity index (χ1v) is 11.7. The molecule has 1 N–H and O–H groups in total. The first-order chi connectivity index (χ1) is 16.1. The molecule has 0 unspecified atom stereocenters. The summed E-state index contributed by atoms with van der Waals surface area (Å²) in [5, 5.41) is 7.83. The SMILES string of the molecule is C=C(NC)c1ccc2c(c1)nc(-c1ccc(N3CCC[C@@H]3C)nc1)n2Cc1ccn(CC)n1. The van der Waals surface area contributed by atoms with E-state index in [-0.39, 0.29) is 0 Å². The summed E-state index contributed by atoms with van der Waals surface area (Å²) in [6, 6.07) is 13.2. The van der Waals surface area contributed by atoms with Crippen LogP contribution in [0.25, 0.3) is 28.1 Å². The lowest BCUT2D eigenvalue weighted by Crippen LogP contribution is -2.26. The normalized spacial score (nSPS) is 16.0. The summed E-state index contributed by atoms with van der Waals surface area (Å²) in [4.78, 5) is 12.2. The summed E-state index contributed by atoms with van der Waals surface area (Å²) in [7, 11) is 1.88. The van der Waals surface area contributed by atoms with E-state index < -0.39 is 0 Å². The zero-order valence-electron chi connectivity index (χ0n) is 19.6. The van der Waals surface area contributed by atoms with Crippen LogP contribution in [0, 0.1) is 0 Å². The van der Waals surface area contributed by atoms with Gasteiger partial charge in [-0.05, 0) is 62.6 Å². The molecule has 4 heterocycles. The summed E-state index contributed by atoms with van der Waals surface area (Å²) in [6.45, 7) is 11.0. The molecule has 4 aromatic rings. The third kappa shape index (κ3) is 3.99. The van der Waals surface area contributed by atoms with Gasteiger partial charge in [0.2, 0.25) is 0 Å². The number of rotatable bonds is 7. The van der Waals surface area contributed by atoms with Crippen molar-refractivity contribution in [3.05, 3.63) is 66.6 Å². The second-order valence-electron chi connectivity index (χ2n) is 8.71. The number of hydrogen-bond donors (Lipinski definition) is 1. The molecule has 1 saturated heterocycles. The van der Waals surface area contributed by atoms with Gasteiger partial charge in [-0.25, -0.2) is 9.97 Å². The quantitative estimate of drug-likeness (QED) is 0.456. The molecule has 0 amide bonds. The Morgan fingerprint density at radius 2 is 2.09 bits per heavy atom. The van der Waals surface area contributed by atoms with Crippen LogP contribution in [-0.2, 0) is 13.1 Å². The monoisotopic (exact) mass is 441 g/mol. The van der Waals surface area contributed by atoms with Gasteiger partial charge in [0.1, 0.15) is 11.6 Å². The standard InChI is InChI=1S/C26H31N7/c1-5-31-14-12-22(30-31)17-33-24-10-8-20(19(3)27-4)15-23(24)29-26(33)21-9-11-25(28-16-21)32-13-6-7-18(32)2/h8-12,14-16,18,27H,3,5-7,13,17H2,1-2,4H3/t18-/m0/s1. The van der Waals surface area contributed by atoms with Gasteiger partial charge in [-0.1, -0.05) is 12.6 Å². The third-order valence-electron chi connectivity index (χ3n) is 6.59. The predicted octanol–water partition coefficient (Wildman–Crippen LogP) is 4.54. The lowest BCUT2D eigenvalue weighted by molar-refractivity contribution is 0.639. The minimum atomic E-state index is 0.542. The molecule has 1 fully saturated rings. The van der Waals surface area contributed by atoms with E-state index in [0.29, 0.717) is 12.6 Å². The Balaban J connectivity index is 1.57. The number of aryl methyl sites for hydroxylation is 1. The summed E-state index contributed by atoms with van der Waals surface area (Å²) in [5.74, 6) is 1.94. The van der Waals surface area contributed by atoms with E-state index in [1.165, 1.54) is 12.8 Å². The molecule has 33 heavy (non-hydrogen) atoms. The summed E-state index contributed by atoms with van der Waals surface area (Å²) >= 11 is 0. The van der Waals surface area contributed by atoms with Gasteiger partial charge in [0.15, 0.2) is 0 Å². The molecular formula is C26H31N7. The minimum Gasteiger partial charge on any atom is -0.388 e. The highest BCUT2D eigenvalue weighted by atomic mass is 15.3. The van der Waals surface area contributed by atoms with Crippen LogP contribution >= 0.6 is 0 Å². The molecule has 0 bridgehead atoms. The Hall–Kier alpha value is -3.61. The Morgan fingerprint density at radius 1 is 1.21 bits per heavy atom. The number of anilines is 1. The maximum Gasteiger partial charge on any atom is 0.143 e. The zero-order valence-corrected chi connectivity index (χ0v) is 19.6. The number of pyridine rings is 1. The van der Waals surface area contributed by atoms with E-state index in [4.69, 9.17) is 15.1 Å². The van der Waals surface area contributed by atoms with E-state index in [2.05, 4.69) is 71.6 Å². The van der Waals surface area contributed by atoms with Gasteiger partial charge in [-0.2, -0.15) is 5.10 Å². The highest BCUT2D eigenvalue weighted by Gasteiger charge is 2.22. The van der Waals surface area contributed by atoms with E-state index in [1.807, 2.05) is 24.1 Å². The first kappa shape index (κ1) is 21.2. The summed E-state index contributed by atoms with van der Waals surface area (Å²) < 4.78 is 4.19. The van der Waals surface area contributed by atoms with Gasteiger partial charge in [0.05, 0.1) is 23.3 Å². The van der Waals surface area contributed by atoms with Crippen molar-refractivity contribution in [3.8, 4) is 11.4 Å². The van der Waals surface area contributed by atoms with Gasteiger partial charge >= 0.3 is 0 Å². The number of imidazole rings is 1. The van der Waals surface area contributed by atoms with Crippen molar-refractivity contribution in [1.29, 1.82) is 0 Å². The van der Waals surface area contributed by atoms with E-state index in [9.17, 15) is 0 Å². The Kier molecular flexibility index (Phi) is 5.62. The van der Waals surface area contributed by atoms with Crippen molar-refractivity contribution >= 4 is 22.5 Å². The van der Waals surface area contributed by atoms with Crippen LogP contribution in [0.2, 0.25) is 0 Å². The average Bonchev–Trinajstić information content (AvgIpc) is 3.57. The topological polar surface area (TPSA) is 63.8 Å². The zero-order chi connectivity index (χ0) is 22.9. The van der Waals surface area contributed by atoms with Gasteiger partial charge in [-0.15, -0.1) is 0 Å². The molecule has 0 aliphatic carbocycles. The molecule has 1 aliphatic heterocycles. The molecule has 7 nitrogen and oxygen atoms in total. The highest BCUT2D eigenvalue weighted by molar-refractivity contribution is 5.84. The molecule has 0 saturated carbocycles. The van der Waals surface area contributed by atoms with Crippen LogP contribution < -0.4 is 10.2 Å². The number of benzene rings is 1. The van der Waals surface area contributed by atoms with Crippen molar-refractivity contribution in [1.82, 2.24) is 29.6 Å². The lowest BCUT2D eigenvalue weighted by Gasteiger charge is -2.22. The molecule has 170 valence electrons. The van der Waals surface area contributed by atoms with Crippen LogP contribution in [0.3, 0.4) is 0 Å². The fraction of sp³-hybridized carbons (Fsp3) is 0.346. The smallest absolute Gasteiger partial charge is 0.143 e. The van der Waals surface area contributed by atoms with Gasteiger partial charge in [-0.3, -0.25) is 4.68 Å². The van der Waals surface area contributed by atoms with Crippen molar-refractivity contribution in [3.63, 3.8) is 0 Å². The van der Waals surface area contributed by atoms with Crippen LogP contribution in [-0.4, -0.2) is 43.9 Å². The Morgan fingerprint density at radius 3 is 2.76 bits per heavy atom. The minimum absolute atomic E-state index is 0.542. The molecule has 7 heteroatoms. The van der Waals surface area contributed by atoms with Crippen molar-refractivity contribution in [2.75, 3.05) is 18.5 Å². The van der Waals surface area contributed by atoms with Crippen molar-refractivity contribution < 1.29 is 0 Å². The molecule has 5 rings (SSSR count). The highest BCUT2D eigenvalue weighted by Crippen LogP contribution is 2.29. The predicted molar refractivity (Wildman–Crippen MR) is 134 cm³/mol. The van der Waals surface area contributed by atoms with Crippen LogP contribution in [0.15, 0.2) is 55.4 Å². The lowest BCUT2D eigenvalue weighted by atomic mass is 10.1. The van der Waals surface area contributed by atoms with Gasteiger partial charge in [0, 0.05) is 49.8 Å². The fourth-order valence-corrected chi connectivity index (χ4v) is 4.63. The maximum absolute atomic E-state index is 5.03. The van der Waals surface area contributed by atoms with E-state index >= 15 is 0 Å². The Bertz CT molecular complexity index is 1280. The second-order valence-corrected chi connectivity index (χ2v) is 8.71. The second kappa shape index (κ2) is 8.73. The molecule has 0 radical (unpaired) electrons. The number of fused-ring (bicyclic) bond motifs is 1. The van der Waals surface area contributed by atoms with Crippen LogP contribution in [0.1, 0.15) is 37.9 Å². The van der Waals surface area contributed by atoms with E-state index in [0.717, 1.165) is 58.3 Å². The number of nitrogens with zero attached hydrogens (tertiary/aromatic N) is 6. The van der Waals surface area contributed by atoms with Gasteiger partial charge < -0.3 is 14.8 Å². The third-order valence-corrected chi connectivity index (χ3v) is 6.59. The molecule has 1 aliphatic rings. The van der Waals surface area contributed by atoms with Crippen molar-refractivity contribution in [2.24, 2.45) is 0 Å². The molecule has 1 atom stereocenters. The van der Waals surface area contributed by atoms with Crippen LogP contribution in [0.5, 0.6) is 0 Å². The average molecular weight is 442 g/mol. The number of hydrogen-bond acceptors (Lipinski definition) is 5. The fourth-order valence-electron chi connectivity index (χ4n) is 4.63. The molecule has 1 aromatic carbocycles.